The molecule has 1 aromatic carbocycles. The molecule has 0 saturated heterocycles. The molecule has 0 aliphatic rings. The Morgan fingerprint density at radius 2 is 1.96 bits per heavy atom. The predicted octanol–water partition coefficient (Wildman–Crippen LogP) is 1.92. The van der Waals surface area contributed by atoms with Crippen LogP contribution in [0.3, 0.4) is 0 Å². The highest BCUT2D eigenvalue weighted by Crippen LogP contribution is 2.47. The van der Waals surface area contributed by atoms with E-state index >= 15 is 0 Å². The van der Waals surface area contributed by atoms with Crippen LogP contribution in [0.2, 0.25) is 0 Å². The molecule has 0 radical (unpaired) electrons. The number of nitriles is 1. The van der Waals surface area contributed by atoms with Crippen molar-refractivity contribution in [2.75, 3.05) is 27.9 Å². The average molecular weight is 423 g/mol. The number of H-pyrrole nitrogens is 1. The predicted molar refractivity (Wildman–Crippen MR) is 99.2 cm³/mol. The van der Waals surface area contributed by atoms with E-state index in [4.69, 9.17) is 19.9 Å². The van der Waals surface area contributed by atoms with E-state index in [1.54, 1.807) is 12.1 Å². The maximum Gasteiger partial charge on any atom is 0.234 e. The lowest BCUT2D eigenvalue weighted by Crippen LogP contribution is -2.30. The number of rotatable bonds is 7. The van der Waals surface area contributed by atoms with Crippen molar-refractivity contribution < 1.29 is 19.0 Å². The minimum Gasteiger partial charge on any atom is -0.493 e. The Hall–Kier alpha value is -2.70. The van der Waals surface area contributed by atoms with Crippen LogP contribution in [0.5, 0.6) is 17.2 Å². The van der Waals surface area contributed by atoms with Crippen LogP contribution in [0.15, 0.2) is 16.6 Å². The highest BCUT2D eigenvalue weighted by Gasteiger charge is 2.24. The van der Waals surface area contributed by atoms with Crippen molar-refractivity contribution in [2.45, 2.75) is 6.54 Å². The van der Waals surface area contributed by atoms with Gasteiger partial charge in [-0.1, -0.05) is 0 Å². The molecule has 26 heavy (non-hydrogen) atoms. The van der Waals surface area contributed by atoms with Crippen molar-refractivity contribution >= 4 is 21.8 Å². The first-order valence-corrected chi connectivity index (χ1v) is 8.38. The van der Waals surface area contributed by atoms with Crippen molar-refractivity contribution in [1.29, 1.82) is 5.26 Å². The Kier molecular flexibility index (Phi) is 6.49. The van der Waals surface area contributed by atoms with E-state index in [-0.39, 0.29) is 19.0 Å². The van der Waals surface area contributed by atoms with E-state index in [1.807, 2.05) is 0 Å². The first kappa shape index (κ1) is 19.6. The molecule has 0 aliphatic carbocycles. The SMILES string of the molecule is COc1ccc(-c2c(CNC(=O)CN)[nH]c(C#N)c2Br)c(OC)c1OC. The van der Waals surface area contributed by atoms with Gasteiger partial charge in [0.2, 0.25) is 11.7 Å². The Balaban J connectivity index is 2.66. The van der Waals surface area contributed by atoms with Gasteiger partial charge in [-0.25, -0.2) is 0 Å². The summed E-state index contributed by atoms with van der Waals surface area (Å²) < 4.78 is 16.8. The third kappa shape index (κ3) is 3.61. The van der Waals surface area contributed by atoms with Crippen molar-refractivity contribution in [3.63, 3.8) is 0 Å². The third-order valence-corrected chi connectivity index (χ3v) is 4.54. The van der Waals surface area contributed by atoms with Crippen molar-refractivity contribution in [1.82, 2.24) is 10.3 Å². The van der Waals surface area contributed by atoms with Crippen LogP contribution >= 0.6 is 15.9 Å². The molecule has 2 aromatic rings. The molecule has 0 bridgehead atoms. The summed E-state index contributed by atoms with van der Waals surface area (Å²) >= 11 is 3.45. The fourth-order valence-corrected chi connectivity index (χ4v) is 3.21. The van der Waals surface area contributed by atoms with Gasteiger partial charge in [0.25, 0.3) is 0 Å². The molecule has 9 heteroatoms. The summed E-state index contributed by atoms with van der Waals surface area (Å²) in [6, 6.07) is 5.62. The Morgan fingerprint density at radius 3 is 2.50 bits per heavy atom. The largest absolute Gasteiger partial charge is 0.493 e. The highest BCUT2D eigenvalue weighted by atomic mass is 79.9. The van der Waals surface area contributed by atoms with E-state index in [0.29, 0.717) is 44.2 Å². The Bertz CT molecular complexity index is 857. The zero-order valence-corrected chi connectivity index (χ0v) is 16.2. The summed E-state index contributed by atoms with van der Waals surface area (Å²) in [4.78, 5) is 14.5. The molecule has 2 rings (SSSR count). The van der Waals surface area contributed by atoms with Crippen LogP contribution in [-0.4, -0.2) is 38.8 Å². The standard InChI is InChI=1S/C17H19BrN4O4/c1-24-12-5-4-9(16(25-2)17(12)26-3)14-11(8-21-13(23)7-20)22-10(6-19)15(14)18/h4-5,22H,7-8,20H2,1-3H3,(H,21,23). The van der Waals surface area contributed by atoms with Crippen LogP contribution in [0, 0.1) is 11.3 Å². The summed E-state index contributed by atoms with van der Waals surface area (Å²) in [7, 11) is 4.56. The zero-order valence-electron chi connectivity index (χ0n) is 14.6. The van der Waals surface area contributed by atoms with Gasteiger partial charge < -0.3 is 30.2 Å². The number of nitrogens with one attached hydrogen (secondary N) is 2. The summed E-state index contributed by atoms with van der Waals surface area (Å²) in [6.07, 6.45) is 0. The summed E-state index contributed by atoms with van der Waals surface area (Å²) in [5, 5.41) is 12.0. The molecule has 0 atom stereocenters. The number of ether oxygens (including phenoxy) is 3. The van der Waals surface area contributed by atoms with Crippen molar-refractivity contribution in [3.05, 3.63) is 28.0 Å². The summed E-state index contributed by atoms with van der Waals surface area (Å²) in [6.45, 7) is 0.0468. The number of nitrogens with two attached hydrogens (primary N) is 1. The number of aromatic amines is 1. The van der Waals surface area contributed by atoms with E-state index in [2.05, 4.69) is 32.3 Å². The number of halogens is 1. The van der Waals surface area contributed by atoms with Gasteiger partial charge in [-0.2, -0.15) is 5.26 Å². The second kappa shape index (κ2) is 8.60. The van der Waals surface area contributed by atoms with Gasteiger partial charge in [0.1, 0.15) is 11.8 Å². The summed E-state index contributed by atoms with van der Waals surface area (Å²) in [5.41, 5.74) is 7.63. The molecule has 0 saturated carbocycles. The second-order valence-corrected chi connectivity index (χ2v) is 5.94. The first-order chi connectivity index (χ1) is 12.5. The molecule has 1 heterocycles. The molecule has 0 aliphatic heterocycles. The number of aromatic nitrogens is 1. The lowest BCUT2D eigenvalue weighted by atomic mass is 10.0. The molecule has 1 aromatic heterocycles. The van der Waals surface area contributed by atoms with Gasteiger partial charge >= 0.3 is 0 Å². The zero-order chi connectivity index (χ0) is 19.3. The fraction of sp³-hybridized carbons (Fsp3) is 0.294. The summed E-state index contributed by atoms with van der Waals surface area (Å²) in [5.74, 6) is 1.08. The lowest BCUT2D eigenvalue weighted by molar-refractivity contribution is -0.119. The number of benzene rings is 1. The van der Waals surface area contributed by atoms with Gasteiger partial charge in [0.05, 0.1) is 38.9 Å². The highest BCUT2D eigenvalue weighted by molar-refractivity contribution is 9.10. The van der Waals surface area contributed by atoms with Gasteiger partial charge in [0.15, 0.2) is 11.5 Å². The number of hydrogen-bond acceptors (Lipinski definition) is 6. The molecular formula is C17H19BrN4O4. The normalized spacial score (nSPS) is 10.2. The number of hydrogen-bond donors (Lipinski definition) is 3. The van der Waals surface area contributed by atoms with Gasteiger partial charge in [-0.3, -0.25) is 4.79 Å². The minimum absolute atomic E-state index is 0.123. The van der Waals surface area contributed by atoms with Crippen LogP contribution in [0.4, 0.5) is 0 Å². The second-order valence-electron chi connectivity index (χ2n) is 5.14. The third-order valence-electron chi connectivity index (χ3n) is 3.75. The van der Waals surface area contributed by atoms with Gasteiger partial charge in [-0.05, 0) is 28.1 Å². The Morgan fingerprint density at radius 1 is 1.27 bits per heavy atom. The van der Waals surface area contributed by atoms with Crippen LogP contribution < -0.4 is 25.3 Å². The minimum atomic E-state index is -0.306. The maximum atomic E-state index is 11.5. The molecular weight excluding hydrogens is 404 g/mol. The molecule has 1 amide bonds. The van der Waals surface area contributed by atoms with Gasteiger partial charge in [-0.15, -0.1) is 0 Å². The number of nitrogens with zero attached hydrogens (tertiary/aromatic N) is 1. The number of methoxy groups -OCH3 is 3. The smallest absolute Gasteiger partial charge is 0.234 e. The van der Waals surface area contributed by atoms with Gasteiger partial charge in [0, 0.05) is 16.8 Å². The Labute approximate surface area is 159 Å². The molecule has 0 fully saturated rings. The van der Waals surface area contributed by atoms with E-state index < -0.39 is 0 Å². The van der Waals surface area contributed by atoms with Crippen LogP contribution in [0.1, 0.15) is 11.4 Å². The number of carbonyl (C=O) groups excluding carboxylic acids is 1. The van der Waals surface area contributed by atoms with E-state index in [1.165, 1.54) is 21.3 Å². The maximum absolute atomic E-state index is 11.5. The molecule has 8 nitrogen and oxygen atoms in total. The monoisotopic (exact) mass is 422 g/mol. The molecule has 4 N–H and O–H groups in total. The van der Waals surface area contributed by atoms with Crippen LogP contribution in [-0.2, 0) is 11.3 Å². The van der Waals surface area contributed by atoms with E-state index in [0.717, 1.165) is 0 Å². The fourth-order valence-electron chi connectivity index (χ4n) is 2.57. The van der Waals surface area contributed by atoms with E-state index in [9.17, 15) is 10.1 Å². The molecule has 138 valence electrons. The average Bonchev–Trinajstić information content (AvgIpc) is 2.99. The topological polar surface area (TPSA) is 122 Å². The quantitative estimate of drug-likeness (QED) is 0.626. The lowest BCUT2D eigenvalue weighted by Gasteiger charge is -2.16. The molecule has 0 unspecified atom stereocenters. The van der Waals surface area contributed by atoms with Crippen molar-refractivity contribution in [2.24, 2.45) is 5.73 Å². The number of amides is 1. The number of carbonyl (C=O) groups is 1. The van der Waals surface area contributed by atoms with Crippen LogP contribution in [0.25, 0.3) is 11.1 Å². The van der Waals surface area contributed by atoms with Crippen molar-refractivity contribution in [3.8, 4) is 34.4 Å². The first-order valence-electron chi connectivity index (χ1n) is 7.58. The molecule has 0 spiro atoms.